The fourth-order valence-corrected chi connectivity index (χ4v) is 1.90. The second kappa shape index (κ2) is 4.25. The summed E-state index contributed by atoms with van der Waals surface area (Å²) >= 11 is 5.95. The monoisotopic (exact) mass is 255 g/mol. The molecule has 90 valence electrons. The molecule has 0 unspecified atom stereocenters. The van der Waals surface area contributed by atoms with Gasteiger partial charge in [0.25, 0.3) is 0 Å². The number of nitrogens with two attached hydrogens (primary N) is 1. The lowest BCUT2D eigenvalue weighted by atomic mass is 10.0. The standard InChI is InChI=1S/C11H11ClFN3O/c1-5-7(12)3-8(13)10(17-2)9(5)6-4-15-16-11(6)14/h3-4H,1-2H3,(H3,14,15,16). The van der Waals surface area contributed by atoms with E-state index >= 15 is 0 Å². The van der Waals surface area contributed by atoms with Crippen molar-refractivity contribution in [2.45, 2.75) is 6.92 Å². The number of aromatic nitrogens is 2. The summed E-state index contributed by atoms with van der Waals surface area (Å²) in [6.45, 7) is 1.77. The van der Waals surface area contributed by atoms with Gasteiger partial charge in [-0.25, -0.2) is 4.39 Å². The summed E-state index contributed by atoms with van der Waals surface area (Å²) in [4.78, 5) is 0. The molecule has 0 saturated heterocycles. The maximum absolute atomic E-state index is 13.7. The van der Waals surface area contributed by atoms with E-state index in [4.69, 9.17) is 22.1 Å². The first-order valence-electron chi connectivity index (χ1n) is 4.88. The Kier molecular flexibility index (Phi) is 2.93. The highest BCUT2D eigenvalue weighted by molar-refractivity contribution is 6.31. The summed E-state index contributed by atoms with van der Waals surface area (Å²) in [5.74, 6) is -0.0771. The van der Waals surface area contributed by atoms with Gasteiger partial charge in [-0.15, -0.1) is 0 Å². The third-order valence-electron chi connectivity index (χ3n) is 2.57. The molecule has 6 heteroatoms. The van der Waals surface area contributed by atoms with E-state index in [-0.39, 0.29) is 5.75 Å². The summed E-state index contributed by atoms with van der Waals surface area (Å²) in [6.07, 6.45) is 1.51. The van der Waals surface area contributed by atoms with Crippen LogP contribution < -0.4 is 10.5 Å². The number of nitrogen functional groups attached to an aromatic ring is 1. The number of methoxy groups -OCH3 is 1. The number of hydrogen-bond donors (Lipinski definition) is 2. The number of ether oxygens (including phenoxy) is 1. The highest BCUT2D eigenvalue weighted by Gasteiger charge is 2.19. The van der Waals surface area contributed by atoms with Crippen LogP contribution in [-0.2, 0) is 0 Å². The Morgan fingerprint density at radius 3 is 2.76 bits per heavy atom. The zero-order valence-electron chi connectivity index (χ0n) is 9.34. The molecule has 1 aromatic carbocycles. The van der Waals surface area contributed by atoms with Gasteiger partial charge >= 0.3 is 0 Å². The first-order valence-corrected chi connectivity index (χ1v) is 5.25. The van der Waals surface area contributed by atoms with Crippen LogP contribution >= 0.6 is 11.6 Å². The Balaban J connectivity index is 2.80. The van der Waals surface area contributed by atoms with Crippen LogP contribution in [0.4, 0.5) is 10.2 Å². The van der Waals surface area contributed by atoms with Crippen LogP contribution in [0.3, 0.4) is 0 Å². The van der Waals surface area contributed by atoms with Crippen molar-refractivity contribution in [3.63, 3.8) is 0 Å². The lowest BCUT2D eigenvalue weighted by Crippen LogP contribution is -1.97. The molecule has 0 aliphatic carbocycles. The molecule has 0 aliphatic rings. The molecule has 2 rings (SSSR count). The average Bonchev–Trinajstić information content (AvgIpc) is 2.69. The first kappa shape index (κ1) is 11.7. The number of H-pyrrole nitrogens is 1. The molecule has 0 saturated carbocycles. The van der Waals surface area contributed by atoms with Gasteiger partial charge in [0.1, 0.15) is 5.82 Å². The molecule has 1 heterocycles. The van der Waals surface area contributed by atoms with Crippen molar-refractivity contribution in [2.75, 3.05) is 12.8 Å². The lowest BCUT2D eigenvalue weighted by Gasteiger charge is -2.13. The van der Waals surface area contributed by atoms with E-state index in [9.17, 15) is 4.39 Å². The van der Waals surface area contributed by atoms with Gasteiger partial charge in [0, 0.05) is 16.1 Å². The fourth-order valence-electron chi connectivity index (χ4n) is 1.71. The molecule has 0 aliphatic heterocycles. The van der Waals surface area contributed by atoms with Gasteiger partial charge < -0.3 is 10.5 Å². The van der Waals surface area contributed by atoms with Gasteiger partial charge in [0.2, 0.25) is 0 Å². The minimum atomic E-state index is -0.529. The summed E-state index contributed by atoms with van der Waals surface area (Å²) in [7, 11) is 1.39. The second-order valence-electron chi connectivity index (χ2n) is 3.57. The molecular weight excluding hydrogens is 245 g/mol. The number of halogens is 2. The topological polar surface area (TPSA) is 63.9 Å². The SMILES string of the molecule is COc1c(F)cc(Cl)c(C)c1-c1cn[nH]c1N. The van der Waals surface area contributed by atoms with Gasteiger partial charge in [-0.1, -0.05) is 11.6 Å². The highest BCUT2D eigenvalue weighted by Crippen LogP contribution is 2.40. The maximum Gasteiger partial charge on any atom is 0.167 e. The van der Waals surface area contributed by atoms with Gasteiger partial charge in [-0.3, -0.25) is 5.10 Å². The van der Waals surface area contributed by atoms with E-state index in [0.717, 1.165) is 0 Å². The van der Waals surface area contributed by atoms with Crippen molar-refractivity contribution >= 4 is 17.4 Å². The lowest BCUT2D eigenvalue weighted by molar-refractivity contribution is 0.388. The summed E-state index contributed by atoms with van der Waals surface area (Å²) in [5, 5.41) is 6.71. The van der Waals surface area contributed by atoms with Crippen LogP contribution in [0.15, 0.2) is 12.3 Å². The zero-order valence-corrected chi connectivity index (χ0v) is 10.1. The average molecular weight is 256 g/mol. The van der Waals surface area contributed by atoms with Crippen molar-refractivity contribution in [2.24, 2.45) is 0 Å². The Labute approximate surface area is 103 Å². The van der Waals surface area contributed by atoms with Crippen LogP contribution in [0.2, 0.25) is 5.02 Å². The molecular formula is C11H11ClFN3O. The van der Waals surface area contributed by atoms with Gasteiger partial charge in [0.15, 0.2) is 11.6 Å². The van der Waals surface area contributed by atoms with Gasteiger partial charge in [-0.05, 0) is 18.6 Å². The largest absolute Gasteiger partial charge is 0.493 e. The molecule has 17 heavy (non-hydrogen) atoms. The van der Waals surface area contributed by atoms with Crippen molar-refractivity contribution in [1.82, 2.24) is 10.2 Å². The third kappa shape index (κ3) is 1.82. The molecule has 0 amide bonds. The maximum atomic E-state index is 13.7. The van der Waals surface area contributed by atoms with E-state index in [1.165, 1.54) is 19.4 Å². The van der Waals surface area contributed by atoms with Crippen molar-refractivity contribution in [1.29, 1.82) is 0 Å². The molecule has 0 radical (unpaired) electrons. The number of benzene rings is 1. The van der Waals surface area contributed by atoms with Crippen LogP contribution in [-0.4, -0.2) is 17.3 Å². The quantitative estimate of drug-likeness (QED) is 0.867. The molecule has 0 bridgehead atoms. The number of nitrogens with zero attached hydrogens (tertiary/aromatic N) is 1. The molecule has 1 aromatic heterocycles. The molecule has 4 nitrogen and oxygen atoms in total. The van der Waals surface area contributed by atoms with E-state index in [1.807, 2.05) is 0 Å². The number of rotatable bonds is 2. The summed E-state index contributed by atoms with van der Waals surface area (Å²) in [6, 6.07) is 1.22. The van der Waals surface area contributed by atoms with E-state index < -0.39 is 5.82 Å². The fraction of sp³-hybridized carbons (Fsp3) is 0.182. The normalized spacial score (nSPS) is 10.6. The van der Waals surface area contributed by atoms with Crippen molar-refractivity contribution in [3.05, 3.63) is 28.7 Å². The number of nitrogens with one attached hydrogen (secondary N) is 1. The van der Waals surface area contributed by atoms with E-state index in [2.05, 4.69) is 10.2 Å². The minimum absolute atomic E-state index is 0.111. The predicted molar refractivity (Wildman–Crippen MR) is 64.7 cm³/mol. The Morgan fingerprint density at radius 2 is 2.24 bits per heavy atom. The zero-order chi connectivity index (χ0) is 12.6. The second-order valence-corrected chi connectivity index (χ2v) is 3.98. The molecule has 3 N–H and O–H groups in total. The number of aromatic amines is 1. The molecule has 2 aromatic rings. The third-order valence-corrected chi connectivity index (χ3v) is 2.97. The van der Waals surface area contributed by atoms with Crippen LogP contribution in [0.5, 0.6) is 5.75 Å². The minimum Gasteiger partial charge on any atom is -0.493 e. The Bertz CT molecular complexity index is 568. The van der Waals surface area contributed by atoms with Gasteiger partial charge in [-0.2, -0.15) is 5.10 Å². The smallest absolute Gasteiger partial charge is 0.167 e. The summed E-state index contributed by atoms with van der Waals surface area (Å²) < 4.78 is 18.8. The number of hydrogen-bond acceptors (Lipinski definition) is 3. The van der Waals surface area contributed by atoms with E-state index in [0.29, 0.717) is 27.5 Å². The Hall–Kier alpha value is -1.75. The van der Waals surface area contributed by atoms with Crippen molar-refractivity contribution < 1.29 is 9.13 Å². The van der Waals surface area contributed by atoms with Gasteiger partial charge in [0.05, 0.1) is 13.3 Å². The van der Waals surface area contributed by atoms with Crippen LogP contribution in [0.1, 0.15) is 5.56 Å². The molecule has 0 fully saturated rings. The molecule has 0 spiro atoms. The van der Waals surface area contributed by atoms with Crippen LogP contribution in [0, 0.1) is 12.7 Å². The molecule has 0 atom stereocenters. The van der Waals surface area contributed by atoms with Crippen LogP contribution in [0.25, 0.3) is 11.1 Å². The summed E-state index contributed by atoms with van der Waals surface area (Å²) in [5.41, 5.74) is 7.51. The Morgan fingerprint density at radius 1 is 1.53 bits per heavy atom. The highest BCUT2D eigenvalue weighted by atomic mass is 35.5. The first-order chi connectivity index (χ1) is 8.06. The number of anilines is 1. The predicted octanol–water partition coefficient (Wildman–Crippen LogP) is 2.77. The van der Waals surface area contributed by atoms with Crippen molar-refractivity contribution in [3.8, 4) is 16.9 Å². The van der Waals surface area contributed by atoms with E-state index in [1.54, 1.807) is 6.92 Å².